The number of carboxylic acid groups (broad SMARTS) is 1. The van der Waals surface area contributed by atoms with E-state index < -0.39 is 17.5 Å². The number of aliphatic carboxylic acids is 1. The van der Waals surface area contributed by atoms with Crippen LogP contribution in [0.4, 0.5) is 0 Å². The zero-order valence-electron chi connectivity index (χ0n) is 14.1. The maximum absolute atomic E-state index is 12.9. The summed E-state index contributed by atoms with van der Waals surface area (Å²) in [5.41, 5.74) is 0.366. The van der Waals surface area contributed by atoms with Gasteiger partial charge in [0, 0.05) is 25.5 Å². The van der Waals surface area contributed by atoms with Gasteiger partial charge >= 0.3 is 5.97 Å². The Labute approximate surface area is 145 Å². The number of carbonyl (C=O) groups excluding carboxylic acids is 1. The number of carbonyl (C=O) groups is 2. The molecule has 1 saturated heterocycles. The number of piperidine rings is 1. The molecule has 1 amide bonds. The lowest BCUT2D eigenvalue weighted by molar-refractivity contribution is -0.162. The molecule has 0 bridgehead atoms. The molecule has 1 aromatic heterocycles. The van der Waals surface area contributed by atoms with Crippen LogP contribution in [-0.2, 0) is 4.79 Å². The standard InChI is InChI=1S/C18H21N3O4/c1-2-6-18(17(24)25)7-10-21(11-14(18)22)16(23)12-4-3-5-13-15(12)20-9-8-19-13/h3-5,8-9,14,22H,2,6-7,10-11H2,1H3,(H,24,25)/t14-,18-/m0/s1. The molecule has 0 aliphatic carbocycles. The van der Waals surface area contributed by atoms with E-state index in [0.29, 0.717) is 36.0 Å². The largest absolute Gasteiger partial charge is 0.481 e. The molecule has 0 radical (unpaired) electrons. The fourth-order valence-electron chi connectivity index (χ4n) is 3.59. The summed E-state index contributed by atoms with van der Waals surface area (Å²) in [6.45, 7) is 2.18. The predicted molar refractivity (Wildman–Crippen MR) is 91.0 cm³/mol. The monoisotopic (exact) mass is 343 g/mol. The highest BCUT2D eigenvalue weighted by atomic mass is 16.4. The number of rotatable bonds is 4. The zero-order valence-corrected chi connectivity index (χ0v) is 14.1. The van der Waals surface area contributed by atoms with Crippen LogP contribution in [0.2, 0.25) is 0 Å². The van der Waals surface area contributed by atoms with Crippen molar-refractivity contribution in [1.82, 2.24) is 14.9 Å². The molecule has 7 nitrogen and oxygen atoms in total. The minimum atomic E-state index is -1.18. The van der Waals surface area contributed by atoms with Gasteiger partial charge in [0.05, 0.1) is 22.6 Å². The molecule has 3 rings (SSSR count). The van der Waals surface area contributed by atoms with Crippen molar-refractivity contribution < 1.29 is 19.8 Å². The maximum Gasteiger partial charge on any atom is 0.312 e. The molecule has 0 saturated carbocycles. The number of benzene rings is 1. The number of nitrogens with zero attached hydrogens (tertiary/aromatic N) is 3. The van der Waals surface area contributed by atoms with Gasteiger partial charge in [-0.2, -0.15) is 0 Å². The van der Waals surface area contributed by atoms with Gasteiger partial charge in [0.15, 0.2) is 0 Å². The van der Waals surface area contributed by atoms with Crippen LogP contribution in [0.1, 0.15) is 36.5 Å². The lowest BCUT2D eigenvalue weighted by atomic mass is 9.72. The van der Waals surface area contributed by atoms with Crippen LogP contribution in [0.15, 0.2) is 30.6 Å². The Hall–Kier alpha value is -2.54. The molecule has 2 heterocycles. The minimum Gasteiger partial charge on any atom is -0.481 e. The number of β-amino-alcohol motifs (C(OH)–C–C–N with tert-alkyl or cyclic N) is 1. The minimum absolute atomic E-state index is 0.00177. The molecule has 1 fully saturated rings. The van der Waals surface area contributed by atoms with Gasteiger partial charge in [0.25, 0.3) is 5.91 Å². The van der Waals surface area contributed by atoms with E-state index in [4.69, 9.17) is 0 Å². The number of aromatic nitrogens is 2. The lowest BCUT2D eigenvalue weighted by Gasteiger charge is -2.42. The van der Waals surface area contributed by atoms with Crippen LogP contribution in [0.5, 0.6) is 0 Å². The summed E-state index contributed by atoms with van der Waals surface area (Å²) in [5.74, 6) is -1.26. The van der Waals surface area contributed by atoms with Crippen molar-refractivity contribution >= 4 is 22.9 Å². The van der Waals surface area contributed by atoms with E-state index in [0.717, 1.165) is 0 Å². The van der Waals surface area contributed by atoms with Gasteiger partial charge in [-0.05, 0) is 25.0 Å². The van der Waals surface area contributed by atoms with E-state index in [1.165, 1.54) is 11.1 Å². The molecule has 2 aromatic rings. The average molecular weight is 343 g/mol. The predicted octanol–water partition coefficient (Wildman–Crippen LogP) is 1.71. The van der Waals surface area contributed by atoms with Gasteiger partial charge in [-0.3, -0.25) is 19.6 Å². The van der Waals surface area contributed by atoms with Crippen molar-refractivity contribution in [2.24, 2.45) is 5.41 Å². The fourth-order valence-corrected chi connectivity index (χ4v) is 3.59. The molecular weight excluding hydrogens is 322 g/mol. The number of hydrogen-bond donors (Lipinski definition) is 2. The smallest absolute Gasteiger partial charge is 0.312 e. The van der Waals surface area contributed by atoms with Crippen LogP contribution in [0, 0.1) is 5.41 Å². The second-order valence-corrected chi connectivity index (χ2v) is 6.46. The molecule has 132 valence electrons. The van der Waals surface area contributed by atoms with Crippen molar-refractivity contribution in [2.45, 2.75) is 32.3 Å². The van der Waals surface area contributed by atoms with E-state index in [1.54, 1.807) is 24.4 Å². The molecule has 0 unspecified atom stereocenters. The van der Waals surface area contributed by atoms with Gasteiger partial charge in [-0.1, -0.05) is 19.4 Å². The van der Waals surface area contributed by atoms with Gasteiger partial charge < -0.3 is 15.1 Å². The van der Waals surface area contributed by atoms with E-state index in [9.17, 15) is 19.8 Å². The van der Waals surface area contributed by atoms with Crippen LogP contribution in [0.25, 0.3) is 11.0 Å². The summed E-state index contributed by atoms with van der Waals surface area (Å²) < 4.78 is 0. The van der Waals surface area contributed by atoms with Crippen LogP contribution >= 0.6 is 0 Å². The average Bonchev–Trinajstić information content (AvgIpc) is 2.62. The lowest BCUT2D eigenvalue weighted by Crippen LogP contribution is -2.56. The number of likely N-dealkylation sites (tertiary alicyclic amines) is 1. The van der Waals surface area contributed by atoms with Crippen molar-refractivity contribution in [1.29, 1.82) is 0 Å². The van der Waals surface area contributed by atoms with E-state index >= 15 is 0 Å². The Morgan fingerprint density at radius 2 is 2.08 bits per heavy atom. The topological polar surface area (TPSA) is 104 Å². The SMILES string of the molecule is CCC[C@]1(C(=O)O)CCN(C(=O)c2cccc3nccnc23)C[C@@H]1O. The second-order valence-electron chi connectivity index (χ2n) is 6.46. The normalized spacial score (nSPS) is 23.6. The molecular formula is C18H21N3O4. The van der Waals surface area contributed by atoms with Crippen molar-refractivity contribution in [3.8, 4) is 0 Å². The van der Waals surface area contributed by atoms with Crippen LogP contribution in [-0.4, -0.2) is 56.2 Å². The molecule has 0 spiro atoms. The first-order chi connectivity index (χ1) is 12.0. The summed E-state index contributed by atoms with van der Waals surface area (Å²) in [5, 5.41) is 20.1. The quantitative estimate of drug-likeness (QED) is 0.876. The van der Waals surface area contributed by atoms with Crippen LogP contribution < -0.4 is 0 Å². The summed E-state index contributed by atoms with van der Waals surface area (Å²) in [7, 11) is 0. The number of aliphatic hydroxyl groups excluding tert-OH is 1. The fraction of sp³-hybridized carbons (Fsp3) is 0.444. The van der Waals surface area contributed by atoms with Gasteiger partial charge in [-0.15, -0.1) is 0 Å². The number of aliphatic hydroxyl groups is 1. The van der Waals surface area contributed by atoms with Crippen molar-refractivity contribution in [3.05, 3.63) is 36.2 Å². The number of para-hydroxylation sites is 1. The molecule has 1 aliphatic heterocycles. The second kappa shape index (κ2) is 6.76. The first-order valence-corrected chi connectivity index (χ1v) is 8.40. The Kier molecular flexibility index (Phi) is 4.67. The third-order valence-corrected chi connectivity index (χ3v) is 5.00. The molecule has 2 atom stereocenters. The molecule has 25 heavy (non-hydrogen) atoms. The highest BCUT2D eigenvalue weighted by Crippen LogP contribution is 2.37. The first kappa shape index (κ1) is 17.3. The van der Waals surface area contributed by atoms with Crippen LogP contribution in [0.3, 0.4) is 0 Å². The number of amides is 1. The maximum atomic E-state index is 12.9. The summed E-state index contributed by atoms with van der Waals surface area (Å²) >= 11 is 0. The Balaban J connectivity index is 1.86. The van der Waals surface area contributed by atoms with E-state index in [1.807, 2.05) is 6.92 Å². The van der Waals surface area contributed by atoms with E-state index in [-0.39, 0.29) is 18.9 Å². The third kappa shape index (κ3) is 2.95. The molecule has 2 N–H and O–H groups in total. The number of fused-ring (bicyclic) bond motifs is 1. The Bertz CT molecular complexity index is 805. The van der Waals surface area contributed by atoms with Gasteiger partial charge in [0.2, 0.25) is 0 Å². The number of carboxylic acids is 1. The molecule has 7 heteroatoms. The summed E-state index contributed by atoms with van der Waals surface area (Å²) in [6.07, 6.45) is 3.29. The number of hydrogen-bond acceptors (Lipinski definition) is 5. The Morgan fingerprint density at radius 1 is 1.32 bits per heavy atom. The summed E-state index contributed by atoms with van der Waals surface area (Å²) in [6, 6.07) is 5.20. The summed E-state index contributed by atoms with van der Waals surface area (Å²) in [4.78, 5) is 34.5. The Morgan fingerprint density at radius 3 is 2.76 bits per heavy atom. The zero-order chi connectivity index (χ0) is 18.0. The third-order valence-electron chi connectivity index (χ3n) is 5.00. The first-order valence-electron chi connectivity index (χ1n) is 8.40. The van der Waals surface area contributed by atoms with E-state index in [2.05, 4.69) is 9.97 Å². The van der Waals surface area contributed by atoms with Crippen molar-refractivity contribution in [3.63, 3.8) is 0 Å². The van der Waals surface area contributed by atoms with Crippen molar-refractivity contribution in [2.75, 3.05) is 13.1 Å². The molecule has 1 aromatic carbocycles. The highest BCUT2D eigenvalue weighted by Gasteiger charge is 2.48. The highest BCUT2D eigenvalue weighted by molar-refractivity contribution is 6.04. The molecule has 1 aliphatic rings. The van der Waals surface area contributed by atoms with Gasteiger partial charge in [-0.25, -0.2) is 0 Å². The van der Waals surface area contributed by atoms with Gasteiger partial charge in [0.1, 0.15) is 5.52 Å².